The predicted molar refractivity (Wildman–Crippen MR) is 90.4 cm³/mol. The van der Waals surface area contributed by atoms with Gasteiger partial charge in [-0.25, -0.2) is 4.98 Å². The van der Waals surface area contributed by atoms with Gasteiger partial charge in [0.2, 0.25) is 5.88 Å². The van der Waals surface area contributed by atoms with E-state index < -0.39 is 0 Å². The van der Waals surface area contributed by atoms with Crippen LogP contribution in [0.5, 0.6) is 5.88 Å². The molecule has 3 rings (SSSR count). The molecule has 0 spiro atoms. The third-order valence-electron chi connectivity index (χ3n) is 3.41. The van der Waals surface area contributed by atoms with Crippen LogP contribution in [0.25, 0.3) is 22.5 Å². The zero-order valence-corrected chi connectivity index (χ0v) is 13.3. The highest BCUT2D eigenvalue weighted by Gasteiger charge is 2.16. The summed E-state index contributed by atoms with van der Waals surface area (Å²) in [5.74, 6) is 0.340. The number of hydrogen-bond donors (Lipinski definition) is 1. The Kier molecular flexibility index (Phi) is 4.31. The van der Waals surface area contributed by atoms with Gasteiger partial charge in [0.15, 0.2) is 0 Å². The van der Waals surface area contributed by atoms with Crippen molar-refractivity contribution in [1.29, 1.82) is 5.26 Å². The first-order chi connectivity index (χ1) is 11.2. The second kappa shape index (κ2) is 6.55. The summed E-state index contributed by atoms with van der Waals surface area (Å²) >= 11 is 5.96. The summed E-state index contributed by atoms with van der Waals surface area (Å²) in [5.41, 5.74) is 3.67. The molecule has 0 fully saturated rings. The van der Waals surface area contributed by atoms with Crippen molar-refractivity contribution in [2.45, 2.75) is 6.92 Å². The molecule has 0 amide bonds. The highest BCUT2D eigenvalue weighted by atomic mass is 35.5. The minimum absolute atomic E-state index is 0.340. The minimum Gasteiger partial charge on any atom is -0.477 e. The fraction of sp³-hybridized carbons (Fsp3) is 0.111. The predicted octanol–water partition coefficient (Wildman–Crippen LogP) is 4.67. The first-order valence-electron chi connectivity index (χ1n) is 7.20. The maximum atomic E-state index is 9.56. The van der Waals surface area contributed by atoms with E-state index >= 15 is 0 Å². The molecule has 0 bridgehead atoms. The third kappa shape index (κ3) is 3.05. The van der Waals surface area contributed by atoms with Crippen molar-refractivity contribution in [3.63, 3.8) is 0 Å². The van der Waals surface area contributed by atoms with Gasteiger partial charge in [-0.1, -0.05) is 23.7 Å². The monoisotopic (exact) mass is 323 g/mol. The maximum absolute atomic E-state index is 9.56. The molecular formula is C18H14ClN3O. The van der Waals surface area contributed by atoms with Gasteiger partial charge in [0.1, 0.15) is 11.6 Å². The van der Waals surface area contributed by atoms with Crippen LogP contribution < -0.4 is 4.74 Å². The van der Waals surface area contributed by atoms with Crippen molar-refractivity contribution in [3.8, 4) is 34.5 Å². The molecule has 5 heteroatoms. The lowest BCUT2D eigenvalue weighted by atomic mass is 10.00. The van der Waals surface area contributed by atoms with Gasteiger partial charge in [0.05, 0.1) is 18.0 Å². The number of hydrogen-bond acceptors (Lipinski definition) is 3. The van der Waals surface area contributed by atoms with E-state index in [0.29, 0.717) is 23.1 Å². The molecule has 1 aromatic carbocycles. The van der Waals surface area contributed by atoms with Crippen LogP contribution in [-0.2, 0) is 0 Å². The van der Waals surface area contributed by atoms with Crippen LogP contribution >= 0.6 is 11.6 Å². The molecule has 0 unspecified atom stereocenters. The second-order valence-electron chi connectivity index (χ2n) is 4.87. The molecule has 23 heavy (non-hydrogen) atoms. The fourth-order valence-electron chi connectivity index (χ4n) is 2.36. The number of H-pyrrole nitrogens is 1. The average molecular weight is 324 g/mol. The summed E-state index contributed by atoms with van der Waals surface area (Å²) in [6.45, 7) is 2.31. The van der Waals surface area contributed by atoms with Gasteiger partial charge in [0, 0.05) is 16.8 Å². The van der Waals surface area contributed by atoms with Gasteiger partial charge in [-0.2, -0.15) is 5.26 Å². The van der Waals surface area contributed by atoms with Crippen LogP contribution in [0.4, 0.5) is 0 Å². The van der Waals surface area contributed by atoms with Crippen molar-refractivity contribution >= 4 is 11.6 Å². The van der Waals surface area contributed by atoms with E-state index in [-0.39, 0.29) is 0 Å². The lowest BCUT2D eigenvalue weighted by Crippen LogP contribution is -2.01. The van der Waals surface area contributed by atoms with Gasteiger partial charge in [-0.15, -0.1) is 0 Å². The van der Waals surface area contributed by atoms with E-state index in [1.165, 1.54) is 0 Å². The van der Waals surface area contributed by atoms with Crippen LogP contribution in [0.2, 0.25) is 5.02 Å². The average Bonchev–Trinajstić information content (AvgIpc) is 3.10. The van der Waals surface area contributed by atoms with Gasteiger partial charge in [0.25, 0.3) is 0 Å². The van der Waals surface area contributed by atoms with Crippen molar-refractivity contribution in [2.24, 2.45) is 0 Å². The van der Waals surface area contributed by atoms with Crippen LogP contribution in [-0.4, -0.2) is 16.6 Å². The van der Waals surface area contributed by atoms with E-state index in [9.17, 15) is 5.26 Å². The van der Waals surface area contributed by atoms with Crippen molar-refractivity contribution in [2.75, 3.05) is 6.61 Å². The van der Waals surface area contributed by atoms with Crippen LogP contribution in [0, 0.1) is 11.3 Å². The summed E-state index contributed by atoms with van der Waals surface area (Å²) in [7, 11) is 0. The zero-order chi connectivity index (χ0) is 16.2. The molecule has 3 aromatic rings. The summed E-state index contributed by atoms with van der Waals surface area (Å²) < 4.78 is 5.58. The number of aromatic nitrogens is 2. The number of pyridine rings is 1. The molecule has 0 aliphatic rings. The van der Waals surface area contributed by atoms with Crippen molar-refractivity contribution < 1.29 is 4.74 Å². The zero-order valence-electron chi connectivity index (χ0n) is 12.5. The number of halogens is 1. The SMILES string of the molecule is CCOc1nc(-c2ccc[nH]2)cc(-c2ccc(Cl)cc2)c1C#N. The molecular weight excluding hydrogens is 310 g/mol. The van der Waals surface area contributed by atoms with Gasteiger partial charge in [-0.05, 0) is 42.8 Å². The van der Waals surface area contributed by atoms with E-state index in [1.54, 1.807) is 12.1 Å². The summed E-state index contributed by atoms with van der Waals surface area (Å²) in [4.78, 5) is 7.60. The Balaban J connectivity index is 2.23. The topological polar surface area (TPSA) is 61.7 Å². The van der Waals surface area contributed by atoms with E-state index in [1.807, 2.05) is 43.5 Å². The molecule has 2 aromatic heterocycles. The smallest absolute Gasteiger partial charge is 0.232 e. The Morgan fingerprint density at radius 2 is 2.04 bits per heavy atom. The highest BCUT2D eigenvalue weighted by molar-refractivity contribution is 6.30. The van der Waals surface area contributed by atoms with E-state index in [0.717, 1.165) is 22.5 Å². The standard InChI is InChI=1S/C18H14ClN3O/c1-2-23-18-15(11-20)14(12-5-7-13(19)8-6-12)10-17(22-18)16-4-3-9-21-16/h3-10,21H,2H2,1H3. The van der Waals surface area contributed by atoms with E-state index in [2.05, 4.69) is 16.0 Å². The lowest BCUT2D eigenvalue weighted by molar-refractivity contribution is 0.326. The number of rotatable bonds is 4. The molecule has 114 valence electrons. The second-order valence-corrected chi connectivity index (χ2v) is 5.31. The fourth-order valence-corrected chi connectivity index (χ4v) is 2.48. The molecule has 0 aliphatic heterocycles. The number of aromatic amines is 1. The Morgan fingerprint density at radius 3 is 2.65 bits per heavy atom. The van der Waals surface area contributed by atoms with Gasteiger partial charge >= 0.3 is 0 Å². The first kappa shape index (κ1) is 15.1. The third-order valence-corrected chi connectivity index (χ3v) is 3.66. The number of nitriles is 1. The molecule has 0 radical (unpaired) electrons. The Bertz CT molecular complexity index is 849. The van der Waals surface area contributed by atoms with Crippen LogP contribution in [0.1, 0.15) is 12.5 Å². The Morgan fingerprint density at radius 1 is 1.26 bits per heavy atom. The number of ether oxygens (including phenoxy) is 1. The molecule has 0 saturated heterocycles. The number of benzene rings is 1. The first-order valence-corrected chi connectivity index (χ1v) is 7.58. The lowest BCUT2D eigenvalue weighted by Gasteiger charge is -2.12. The molecule has 2 heterocycles. The summed E-state index contributed by atoms with van der Waals surface area (Å²) in [6.07, 6.45) is 1.83. The molecule has 4 nitrogen and oxygen atoms in total. The molecule has 0 saturated carbocycles. The Labute approximate surface area is 139 Å². The molecule has 0 aliphatic carbocycles. The normalized spacial score (nSPS) is 10.3. The number of nitrogens with zero attached hydrogens (tertiary/aromatic N) is 2. The molecule has 0 atom stereocenters. The maximum Gasteiger partial charge on any atom is 0.232 e. The quantitative estimate of drug-likeness (QED) is 0.759. The van der Waals surface area contributed by atoms with E-state index in [4.69, 9.17) is 16.3 Å². The summed E-state index contributed by atoms with van der Waals surface area (Å²) in [6, 6.07) is 15.3. The number of nitrogens with one attached hydrogen (secondary N) is 1. The molecule has 1 N–H and O–H groups in total. The van der Waals surface area contributed by atoms with Crippen LogP contribution in [0.15, 0.2) is 48.7 Å². The van der Waals surface area contributed by atoms with Crippen LogP contribution in [0.3, 0.4) is 0 Å². The summed E-state index contributed by atoms with van der Waals surface area (Å²) in [5, 5.41) is 10.2. The van der Waals surface area contributed by atoms with Gasteiger partial charge in [-0.3, -0.25) is 0 Å². The van der Waals surface area contributed by atoms with Crippen molar-refractivity contribution in [1.82, 2.24) is 9.97 Å². The van der Waals surface area contributed by atoms with Gasteiger partial charge < -0.3 is 9.72 Å². The minimum atomic E-state index is 0.340. The Hall–Kier alpha value is -2.77. The largest absolute Gasteiger partial charge is 0.477 e. The van der Waals surface area contributed by atoms with Crippen molar-refractivity contribution in [3.05, 3.63) is 59.2 Å². The highest BCUT2D eigenvalue weighted by Crippen LogP contribution is 2.33.